The topological polar surface area (TPSA) is 36.7 Å². The number of nitriles is 1. The Kier molecular flexibility index (Phi) is 3.76. The summed E-state index contributed by atoms with van der Waals surface area (Å²) in [5.74, 6) is 0. The van der Waals surface area contributed by atoms with Crippen LogP contribution in [0.1, 0.15) is 11.1 Å². The molecular weight excluding hydrogens is 273 g/mol. The van der Waals surface area contributed by atoms with Gasteiger partial charge in [-0.3, -0.25) is 0 Å². The minimum absolute atomic E-state index is 0.377. The molecule has 0 bridgehead atoms. The van der Waals surface area contributed by atoms with Gasteiger partial charge in [0.25, 0.3) is 0 Å². The summed E-state index contributed by atoms with van der Waals surface area (Å²) in [6.07, 6.45) is -2.97. The van der Waals surface area contributed by atoms with E-state index in [1.807, 2.05) is 0 Å². The highest BCUT2D eigenvalue weighted by Crippen LogP contribution is 2.35. The molecule has 0 amide bonds. The average Bonchev–Trinajstić information content (AvgIpc) is 2.39. The van der Waals surface area contributed by atoms with Gasteiger partial charge in [-0.2, -0.15) is 18.4 Å². The molecular formula is C13H7F3N2S. The summed E-state index contributed by atoms with van der Waals surface area (Å²) in [5, 5.41) is 9.29. The van der Waals surface area contributed by atoms with Gasteiger partial charge in [-0.25, -0.2) is 4.98 Å². The van der Waals surface area contributed by atoms with Crippen LogP contribution in [0.15, 0.2) is 52.5 Å². The number of hydrogen-bond acceptors (Lipinski definition) is 3. The summed E-state index contributed by atoms with van der Waals surface area (Å²) in [6.45, 7) is 0. The van der Waals surface area contributed by atoms with E-state index in [1.54, 1.807) is 30.5 Å². The summed E-state index contributed by atoms with van der Waals surface area (Å²) in [6, 6.07) is 10.4. The summed E-state index contributed by atoms with van der Waals surface area (Å²) < 4.78 is 38.3. The van der Waals surface area contributed by atoms with Gasteiger partial charge in [0.05, 0.1) is 17.2 Å². The quantitative estimate of drug-likeness (QED) is 0.830. The van der Waals surface area contributed by atoms with Crippen molar-refractivity contribution in [3.8, 4) is 6.07 Å². The second-order valence-corrected chi connectivity index (χ2v) is 4.68. The van der Waals surface area contributed by atoms with Crippen LogP contribution in [0.5, 0.6) is 0 Å². The molecule has 2 aromatic rings. The zero-order chi connectivity index (χ0) is 13.9. The molecule has 0 unspecified atom stereocenters. The van der Waals surface area contributed by atoms with Crippen LogP contribution in [0.25, 0.3) is 0 Å². The number of aromatic nitrogens is 1. The number of pyridine rings is 1. The highest BCUT2D eigenvalue weighted by Gasteiger charge is 2.33. The van der Waals surface area contributed by atoms with Crippen molar-refractivity contribution in [3.63, 3.8) is 0 Å². The van der Waals surface area contributed by atoms with Crippen LogP contribution in [0.3, 0.4) is 0 Å². The van der Waals surface area contributed by atoms with Gasteiger partial charge in [-0.05, 0) is 30.3 Å². The fraction of sp³-hybridized carbons (Fsp3) is 0.0769. The van der Waals surface area contributed by atoms with Gasteiger partial charge in [0.1, 0.15) is 5.03 Å². The Balaban J connectivity index is 2.37. The standard InChI is InChI=1S/C13H7F3N2S/c14-13(15,16)11-7-10(5-4-9(11)8-17)19-12-3-1-2-6-18-12/h1-7H. The summed E-state index contributed by atoms with van der Waals surface area (Å²) in [4.78, 5) is 4.42. The fourth-order valence-corrected chi connectivity index (χ4v) is 2.26. The minimum Gasteiger partial charge on any atom is -0.250 e. The molecule has 1 aromatic carbocycles. The average molecular weight is 280 g/mol. The normalized spacial score (nSPS) is 11.1. The third-order valence-electron chi connectivity index (χ3n) is 2.28. The highest BCUT2D eigenvalue weighted by molar-refractivity contribution is 7.99. The van der Waals surface area contributed by atoms with E-state index >= 15 is 0 Å². The monoisotopic (exact) mass is 280 g/mol. The molecule has 1 aromatic heterocycles. The number of hydrogen-bond donors (Lipinski definition) is 0. The first-order valence-electron chi connectivity index (χ1n) is 5.21. The maximum Gasteiger partial charge on any atom is 0.417 e. The van der Waals surface area contributed by atoms with Crippen molar-refractivity contribution in [2.45, 2.75) is 16.1 Å². The van der Waals surface area contributed by atoms with E-state index in [-0.39, 0.29) is 5.56 Å². The molecule has 0 aliphatic heterocycles. The molecule has 0 saturated carbocycles. The van der Waals surface area contributed by atoms with Crippen molar-refractivity contribution in [3.05, 3.63) is 53.7 Å². The van der Waals surface area contributed by atoms with Crippen molar-refractivity contribution in [2.24, 2.45) is 0 Å². The molecule has 0 spiro atoms. The van der Waals surface area contributed by atoms with Crippen LogP contribution in [0.4, 0.5) is 13.2 Å². The van der Waals surface area contributed by atoms with Gasteiger partial charge in [0.15, 0.2) is 0 Å². The highest BCUT2D eigenvalue weighted by atomic mass is 32.2. The van der Waals surface area contributed by atoms with Gasteiger partial charge in [-0.1, -0.05) is 17.8 Å². The van der Waals surface area contributed by atoms with Crippen LogP contribution in [0, 0.1) is 11.3 Å². The molecule has 0 aliphatic carbocycles. The van der Waals surface area contributed by atoms with Crippen LogP contribution >= 0.6 is 11.8 Å². The maximum atomic E-state index is 12.8. The Morgan fingerprint density at radius 2 is 1.95 bits per heavy atom. The molecule has 0 aliphatic rings. The number of alkyl halides is 3. The van der Waals surface area contributed by atoms with Gasteiger partial charge in [0.2, 0.25) is 0 Å². The van der Waals surface area contributed by atoms with Crippen molar-refractivity contribution < 1.29 is 13.2 Å². The van der Waals surface area contributed by atoms with Crippen molar-refractivity contribution in [2.75, 3.05) is 0 Å². The molecule has 96 valence electrons. The van der Waals surface area contributed by atoms with E-state index < -0.39 is 11.7 Å². The third kappa shape index (κ3) is 3.26. The minimum atomic E-state index is -4.54. The Hall–Kier alpha value is -2.00. The van der Waals surface area contributed by atoms with Gasteiger partial charge < -0.3 is 0 Å². The van der Waals surface area contributed by atoms with E-state index in [0.717, 1.165) is 17.8 Å². The van der Waals surface area contributed by atoms with Crippen LogP contribution in [-0.2, 0) is 6.18 Å². The van der Waals surface area contributed by atoms with E-state index in [2.05, 4.69) is 4.98 Å². The van der Waals surface area contributed by atoms with Crippen LogP contribution in [0.2, 0.25) is 0 Å². The lowest BCUT2D eigenvalue weighted by atomic mass is 10.1. The Morgan fingerprint density at radius 3 is 2.53 bits per heavy atom. The number of benzene rings is 1. The lowest BCUT2D eigenvalue weighted by Crippen LogP contribution is -2.07. The van der Waals surface area contributed by atoms with Gasteiger partial charge in [0, 0.05) is 11.1 Å². The van der Waals surface area contributed by atoms with E-state index in [4.69, 9.17) is 5.26 Å². The molecule has 2 nitrogen and oxygen atoms in total. The van der Waals surface area contributed by atoms with Crippen molar-refractivity contribution >= 4 is 11.8 Å². The second kappa shape index (κ2) is 5.33. The lowest BCUT2D eigenvalue weighted by molar-refractivity contribution is -0.137. The second-order valence-electron chi connectivity index (χ2n) is 3.59. The Bertz CT molecular complexity index is 618. The number of halogens is 3. The van der Waals surface area contributed by atoms with E-state index in [0.29, 0.717) is 9.92 Å². The molecule has 6 heteroatoms. The fourth-order valence-electron chi connectivity index (χ4n) is 1.45. The van der Waals surface area contributed by atoms with E-state index in [9.17, 15) is 13.2 Å². The summed E-state index contributed by atoms with van der Waals surface area (Å²) >= 11 is 1.12. The van der Waals surface area contributed by atoms with Gasteiger partial charge in [-0.15, -0.1) is 0 Å². The number of nitrogens with zero attached hydrogens (tertiary/aromatic N) is 2. The zero-order valence-electron chi connectivity index (χ0n) is 9.48. The van der Waals surface area contributed by atoms with E-state index in [1.165, 1.54) is 12.1 Å². The lowest BCUT2D eigenvalue weighted by Gasteiger charge is -2.10. The SMILES string of the molecule is N#Cc1ccc(Sc2ccccn2)cc1C(F)(F)F. The molecule has 0 saturated heterocycles. The number of rotatable bonds is 2. The Labute approximate surface area is 111 Å². The molecule has 1 heterocycles. The molecule has 19 heavy (non-hydrogen) atoms. The maximum absolute atomic E-state index is 12.8. The molecule has 0 atom stereocenters. The van der Waals surface area contributed by atoms with Crippen LogP contribution < -0.4 is 0 Å². The molecule has 0 N–H and O–H groups in total. The predicted molar refractivity (Wildman–Crippen MR) is 64.5 cm³/mol. The summed E-state index contributed by atoms with van der Waals surface area (Å²) in [5.41, 5.74) is -1.30. The molecule has 0 fully saturated rings. The Morgan fingerprint density at radius 1 is 1.16 bits per heavy atom. The first kappa shape index (κ1) is 13.4. The molecule has 2 rings (SSSR count). The van der Waals surface area contributed by atoms with Crippen molar-refractivity contribution in [1.82, 2.24) is 4.98 Å². The first-order valence-corrected chi connectivity index (χ1v) is 6.02. The molecule has 0 radical (unpaired) electrons. The summed E-state index contributed by atoms with van der Waals surface area (Å²) in [7, 11) is 0. The van der Waals surface area contributed by atoms with Gasteiger partial charge >= 0.3 is 6.18 Å². The first-order chi connectivity index (χ1) is 9.00. The van der Waals surface area contributed by atoms with Crippen LogP contribution in [-0.4, -0.2) is 4.98 Å². The third-order valence-corrected chi connectivity index (χ3v) is 3.22. The zero-order valence-corrected chi connectivity index (χ0v) is 10.3. The smallest absolute Gasteiger partial charge is 0.250 e. The predicted octanol–water partition coefficient (Wildman–Crippen LogP) is 4.12. The largest absolute Gasteiger partial charge is 0.417 e. The van der Waals surface area contributed by atoms with Crippen molar-refractivity contribution in [1.29, 1.82) is 5.26 Å².